The van der Waals surface area contributed by atoms with Gasteiger partial charge in [0.25, 0.3) is 5.91 Å². The number of anilines is 1. The first-order valence-electron chi connectivity index (χ1n) is 6.10. The third-order valence-corrected chi connectivity index (χ3v) is 3.76. The first-order valence-corrected chi connectivity index (χ1v) is 6.92. The van der Waals surface area contributed by atoms with Gasteiger partial charge in [0, 0.05) is 12.1 Å². The smallest absolute Gasteiger partial charge is 0.254 e. The zero-order valence-electron chi connectivity index (χ0n) is 10.8. The molecule has 0 saturated carbocycles. The van der Waals surface area contributed by atoms with E-state index in [2.05, 4.69) is 15.5 Å². The Hall–Kier alpha value is -2.28. The molecule has 0 saturated heterocycles. The van der Waals surface area contributed by atoms with E-state index < -0.39 is 0 Å². The predicted molar refractivity (Wildman–Crippen MR) is 74.5 cm³/mol. The van der Waals surface area contributed by atoms with Gasteiger partial charge in [0.05, 0.1) is 0 Å². The SMILES string of the molecule is Cc1nnc(NC(=O)CN2Cc3ccccc3C2=O)s1. The number of hydrogen-bond acceptors (Lipinski definition) is 5. The van der Waals surface area contributed by atoms with E-state index >= 15 is 0 Å². The van der Waals surface area contributed by atoms with Crippen LogP contribution in [-0.4, -0.2) is 33.5 Å². The molecule has 6 nitrogen and oxygen atoms in total. The number of hydrogen-bond donors (Lipinski definition) is 1. The second-order valence-corrected chi connectivity index (χ2v) is 5.67. The van der Waals surface area contributed by atoms with Gasteiger partial charge in [-0.2, -0.15) is 0 Å². The van der Waals surface area contributed by atoms with Gasteiger partial charge >= 0.3 is 0 Å². The maximum absolute atomic E-state index is 12.1. The lowest BCUT2D eigenvalue weighted by molar-refractivity contribution is -0.116. The molecule has 2 aromatic rings. The highest BCUT2D eigenvalue weighted by atomic mass is 32.1. The lowest BCUT2D eigenvalue weighted by Gasteiger charge is -2.14. The molecule has 0 bridgehead atoms. The molecule has 1 aromatic heterocycles. The Morgan fingerprint density at radius 3 is 2.90 bits per heavy atom. The van der Waals surface area contributed by atoms with Crippen LogP contribution in [0.4, 0.5) is 5.13 Å². The summed E-state index contributed by atoms with van der Waals surface area (Å²) in [6.45, 7) is 2.30. The fourth-order valence-electron chi connectivity index (χ4n) is 2.12. The minimum atomic E-state index is -0.262. The second kappa shape index (κ2) is 5.01. The first-order chi connectivity index (χ1) is 9.63. The highest BCUT2D eigenvalue weighted by Crippen LogP contribution is 2.22. The van der Waals surface area contributed by atoms with Gasteiger partial charge in [-0.05, 0) is 18.6 Å². The molecule has 1 N–H and O–H groups in total. The predicted octanol–water partition coefficient (Wildman–Crippen LogP) is 1.44. The Morgan fingerprint density at radius 1 is 1.40 bits per heavy atom. The van der Waals surface area contributed by atoms with Crippen LogP contribution in [0.1, 0.15) is 20.9 Å². The molecule has 0 aliphatic carbocycles. The maximum Gasteiger partial charge on any atom is 0.254 e. The molecule has 1 aromatic carbocycles. The van der Waals surface area contributed by atoms with Gasteiger partial charge in [-0.3, -0.25) is 14.9 Å². The summed E-state index contributed by atoms with van der Waals surface area (Å²) in [4.78, 5) is 25.5. The van der Waals surface area contributed by atoms with Crippen LogP contribution >= 0.6 is 11.3 Å². The van der Waals surface area contributed by atoms with E-state index in [0.717, 1.165) is 10.6 Å². The van der Waals surface area contributed by atoms with E-state index in [1.54, 1.807) is 6.07 Å². The molecule has 0 spiro atoms. The summed E-state index contributed by atoms with van der Waals surface area (Å²) in [6, 6.07) is 7.40. The average molecular weight is 288 g/mol. The van der Waals surface area contributed by atoms with Gasteiger partial charge in [0.15, 0.2) is 0 Å². The number of amides is 2. The summed E-state index contributed by atoms with van der Waals surface area (Å²) >= 11 is 1.30. The third kappa shape index (κ3) is 2.39. The largest absolute Gasteiger partial charge is 0.325 e. The molecule has 0 fully saturated rings. The lowest BCUT2D eigenvalue weighted by Crippen LogP contribution is -2.33. The molecule has 1 aliphatic rings. The molecule has 3 rings (SSSR count). The standard InChI is InChI=1S/C13H12N4O2S/c1-8-15-16-13(20-8)14-11(18)7-17-6-9-4-2-3-5-10(9)12(17)19/h2-5H,6-7H2,1H3,(H,14,16,18). The summed E-state index contributed by atoms with van der Waals surface area (Å²) in [5, 5.41) is 11.5. The van der Waals surface area contributed by atoms with E-state index in [1.807, 2.05) is 25.1 Å². The molecule has 0 radical (unpaired) electrons. The zero-order chi connectivity index (χ0) is 14.1. The summed E-state index contributed by atoms with van der Waals surface area (Å²) < 4.78 is 0. The van der Waals surface area contributed by atoms with Crippen molar-refractivity contribution in [2.75, 3.05) is 11.9 Å². The Bertz CT molecular complexity index is 683. The summed E-state index contributed by atoms with van der Waals surface area (Å²) in [7, 11) is 0. The molecule has 1 aliphatic heterocycles. The Morgan fingerprint density at radius 2 is 2.20 bits per heavy atom. The van der Waals surface area contributed by atoms with E-state index in [0.29, 0.717) is 17.2 Å². The van der Waals surface area contributed by atoms with Crippen LogP contribution in [0.3, 0.4) is 0 Å². The van der Waals surface area contributed by atoms with Gasteiger partial charge in [-0.25, -0.2) is 0 Å². The fourth-order valence-corrected chi connectivity index (χ4v) is 2.73. The van der Waals surface area contributed by atoms with Gasteiger partial charge in [-0.15, -0.1) is 10.2 Å². The molecule has 2 amide bonds. The maximum atomic E-state index is 12.1. The molecule has 0 atom stereocenters. The molecule has 102 valence electrons. The van der Waals surface area contributed by atoms with Gasteiger partial charge in [0.1, 0.15) is 11.6 Å². The molecular formula is C13H12N4O2S. The highest BCUT2D eigenvalue weighted by molar-refractivity contribution is 7.15. The number of fused-ring (bicyclic) bond motifs is 1. The number of carbonyl (C=O) groups is 2. The van der Waals surface area contributed by atoms with Crippen LogP contribution in [0.2, 0.25) is 0 Å². The Labute approximate surface area is 119 Å². The van der Waals surface area contributed by atoms with Crippen molar-refractivity contribution < 1.29 is 9.59 Å². The number of carbonyl (C=O) groups excluding carboxylic acids is 2. The summed E-state index contributed by atoms with van der Waals surface area (Å²) in [5.41, 5.74) is 1.63. The number of nitrogens with zero attached hydrogens (tertiary/aromatic N) is 3. The van der Waals surface area contributed by atoms with E-state index in [9.17, 15) is 9.59 Å². The van der Waals surface area contributed by atoms with E-state index in [-0.39, 0.29) is 18.4 Å². The van der Waals surface area contributed by atoms with Crippen LogP contribution in [0.5, 0.6) is 0 Å². The van der Waals surface area contributed by atoms with Crippen molar-refractivity contribution in [3.8, 4) is 0 Å². The van der Waals surface area contributed by atoms with Crippen molar-refractivity contribution in [2.24, 2.45) is 0 Å². The minimum absolute atomic E-state index is 0.0200. The van der Waals surface area contributed by atoms with Gasteiger partial charge < -0.3 is 4.90 Å². The number of nitrogens with one attached hydrogen (secondary N) is 1. The van der Waals surface area contributed by atoms with E-state index in [4.69, 9.17) is 0 Å². The van der Waals surface area contributed by atoms with Crippen LogP contribution in [0, 0.1) is 6.92 Å². The quantitative estimate of drug-likeness (QED) is 0.927. The average Bonchev–Trinajstić information content (AvgIpc) is 2.95. The van der Waals surface area contributed by atoms with Crippen LogP contribution < -0.4 is 5.32 Å². The Kier molecular flexibility index (Phi) is 3.19. The van der Waals surface area contributed by atoms with E-state index in [1.165, 1.54) is 16.2 Å². The first kappa shape index (κ1) is 12.7. The van der Waals surface area contributed by atoms with Gasteiger partial charge in [0.2, 0.25) is 11.0 Å². The van der Waals surface area contributed by atoms with Crippen molar-refractivity contribution in [1.29, 1.82) is 0 Å². The normalized spacial score (nSPS) is 13.4. The topological polar surface area (TPSA) is 75.2 Å². The lowest BCUT2D eigenvalue weighted by atomic mass is 10.1. The van der Waals surface area contributed by atoms with Crippen molar-refractivity contribution in [1.82, 2.24) is 15.1 Å². The zero-order valence-corrected chi connectivity index (χ0v) is 11.6. The molecular weight excluding hydrogens is 276 g/mol. The highest BCUT2D eigenvalue weighted by Gasteiger charge is 2.28. The summed E-state index contributed by atoms with van der Waals surface area (Å²) in [5.74, 6) is -0.369. The Balaban J connectivity index is 1.65. The molecule has 7 heteroatoms. The van der Waals surface area contributed by atoms with Crippen LogP contribution in [0.25, 0.3) is 0 Å². The van der Waals surface area contributed by atoms with Crippen LogP contribution in [-0.2, 0) is 11.3 Å². The van der Waals surface area contributed by atoms with Crippen molar-refractivity contribution in [3.05, 3.63) is 40.4 Å². The minimum Gasteiger partial charge on any atom is -0.325 e. The van der Waals surface area contributed by atoms with Crippen molar-refractivity contribution in [2.45, 2.75) is 13.5 Å². The summed E-state index contributed by atoms with van der Waals surface area (Å²) in [6.07, 6.45) is 0. The fraction of sp³-hybridized carbons (Fsp3) is 0.231. The number of benzene rings is 1. The molecule has 0 unspecified atom stereocenters. The molecule has 20 heavy (non-hydrogen) atoms. The molecule has 2 heterocycles. The number of rotatable bonds is 3. The number of aromatic nitrogens is 2. The third-order valence-electron chi connectivity index (χ3n) is 3.00. The number of aryl methyl sites for hydroxylation is 1. The van der Waals surface area contributed by atoms with Crippen molar-refractivity contribution >= 4 is 28.3 Å². The van der Waals surface area contributed by atoms with Crippen LogP contribution in [0.15, 0.2) is 24.3 Å². The monoisotopic (exact) mass is 288 g/mol. The van der Waals surface area contributed by atoms with Gasteiger partial charge in [-0.1, -0.05) is 29.5 Å². The van der Waals surface area contributed by atoms with Crippen molar-refractivity contribution in [3.63, 3.8) is 0 Å². The second-order valence-electron chi connectivity index (χ2n) is 4.49.